The van der Waals surface area contributed by atoms with E-state index in [0.29, 0.717) is 11.1 Å². The van der Waals surface area contributed by atoms with Crippen LogP contribution in [0.3, 0.4) is 0 Å². The molecule has 1 aromatic heterocycles. The van der Waals surface area contributed by atoms with Gasteiger partial charge >= 0.3 is 0 Å². The predicted molar refractivity (Wildman–Crippen MR) is 64.2 cm³/mol. The molecule has 0 bridgehead atoms. The molecule has 0 aromatic carbocycles. The summed E-state index contributed by atoms with van der Waals surface area (Å²) in [5, 5.41) is 3.53. The van der Waals surface area contributed by atoms with Crippen molar-refractivity contribution in [1.29, 1.82) is 0 Å². The summed E-state index contributed by atoms with van der Waals surface area (Å²) in [5.74, 6) is 1.44. The van der Waals surface area contributed by atoms with Gasteiger partial charge < -0.3 is 15.0 Å². The Morgan fingerprint density at radius 3 is 2.88 bits per heavy atom. The number of hydrogen-bond donors (Lipinski definition) is 1. The van der Waals surface area contributed by atoms with Gasteiger partial charge in [0, 0.05) is 25.7 Å². The van der Waals surface area contributed by atoms with E-state index in [1.165, 1.54) is 0 Å². The van der Waals surface area contributed by atoms with Gasteiger partial charge in [-0.25, -0.2) is 4.98 Å². The van der Waals surface area contributed by atoms with E-state index in [1.807, 2.05) is 6.92 Å². The Bertz CT molecular complexity index is 355. The highest BCUT2D eigenvalue weighted by Gasteiger charge is 2.14. The molecule has 1 aliphatic rings. The Morgan fingerprint density at radius 1 is 1.44 bits per heavy atom. The van der Waals surface area contributed by atoms with Crippen LogP contribution in [-0.4, -0.2) is 42.8 Å². The van der Waals surface area contributed by atoms with Gasteiger partial charge in [0.25, 0.3) is 0 Å². The summed E-state index contributed by atoms with van der Waals surface area (Å²) in [7, 11) is 0. The lowest BCUT2D eigenvalue weighted by atomic mass is 10.4. The average Bonchev–Trinajstić information content (AvgIpc) is 2.30. The molecular weight excluding hydrogens is 228 g/mol. The predicted octanol–water partition coefficient (Wildman–Crippen LogP) is 1.40. The van der Waals surface area contributed by atoms with Crippen molar-refractivity contribution in [1.82, 2.24) is 9.97 Å². The Labute approximate surface area is 99.8 Å². The van der Waals surface area contributed by atoms with Gasteiger partial charge in [-0.2, -0.15) is 4.98 Å². The molecule has 0 saturated carbocycles. The van der Waals surface area contributed by atoms with E-state index < -0.39 is 0 Å². The van der Waals surface area contributed by atoms with Crippen LogP contribution in [0.4, 0.5) is 11.8 Å². The largest absolute Gasteiger partial charge is 0.378 e. The Kier molecular flexibility index (Phi) is 3.79. The van der Waals surface area contributed by atoms with Crippen LogP contribution in [-0.2, 0) is 4.74 Å². The first-order chi connectivity index (χ1) is 7.79. The molecule has 0 radical (unpaired) electrons. The molecule has 5 nitrogen and oxygen atoms in total. The topological polar surface area (TPSA) is 50.3 Å². The van der Waals surface area contributed by atoms with Crippen molar-refractivity contribution in [2.45, 2.75) is 6.92 Å². The number of morpholine rings is 1. The van der Waals surface area contributed by atoms with Crippen molar-refractivity contribution in [3.05, 3.63) is 11.2 Å². The van der Waals surface area contributed by atoms with E-state index >= 15 is 0 Å². The summed E-state index contributed by atoms with van der Waals surface area (Å²) in [5.41, 5.74) is 0. The highest BCUT2D eigenvalue weighted by Crippen LogP contribution is 2.19. The maximum absolute atomic E-state index is 5.96. The van der Waals surface area contributed by atoms with Crippen molar-refractivity contribution in [3.8, 4) is 0 Å². The third kappa shape index (κ3) is 2.74. The molecule has 1 fully saturated rings. The molecule has 1 saturated heterocycles. The zero-order chi connectivity index (χ0) is 11.4. The normalized spacial score (nSPS) is 16.2. The second kappa shape index (κ2) is 5.32. The number of aromatic nitrogens is 2. The molecule has 6 heteroatoms. The van der Waals surface area contributed by atoms with Gasteiger partial charge in [-0.1, -0.05) is 11.6 Å². The molecule has 0 amide bonds. The van der Waals surface area contributed by atoms with Crippen molar-refractivity contribution >= 4 is 23.4 Å². The molecule has 0 aliphatic carbocycles. The molecular formula is C10H15ClN4O. The van der Waals surface area contributed by atoms with Crippen molar-refractivity contribution < 1.29 is 4.74 Å². The minimum absolute atomic E-state index is 0.465. The van der Waals surface area contributed by atoms with Gasteiger partial charge in [-0.15, -0.1) is 0 Å². The number of nitrogens with zero attached hydrogens (tertiary/aromatic N) is 3. The van der Waals surface area contributed by atoms with Gasteiger partial charge in [0.1, 0.15) is 11.0 Å². The first-order valence-electron chi connectivity index (χ1n) is 5.40. The van der Waals surface area contributed by atoms with Gasteiger partial charge in [-0.3, -0.25) is 0 Å². The standard InChI is InChI=1S/C10H15ClN4O/c1-2-12-10-13-8(11)7-9(14-10)15-3-5-16-6-4-15/h7H,2-6H2,1H3,(H,12,13,14). The number of hydrogen-bond acceptors (Lipinski definition) is 5. The molecule has 0 unspecified atom stereocenters. The molecule has 2 heterocycles. The van der Waals surface area contributed by atoms with Crippen LogP contribution in [0.15, 0.2) is 6.07 Å². The third-order valence-corrected chi connectivity index (χ3v) is 2.54. The van der Waals surface area contributed by atoms with Gasteiger partial charge in [0.05, 0.1) is 13.2 Å². The first kappa shape index (κ1) is 11.4. The fourth-order valence-electron chi connectivity index (χ4n) is 1.60. The van der Waals surface area contributed by atoms with Crippen LogP contribution in [0.25, 0.3) is 0 Å². The fraction of sp³-hybridized carbons (Fsp3) is 0.600. The molecule has 0 atom stereocenters. The average molecular weight is 243 g/mol. The Hall–Kier alpha value is -1.07. The lowest BCUT2D eigenvalue weighted by Gasteiger charge is -2.27. The third-order valence-electron chi connectivity index (χ3n) is 2.35. The van der Waals surface area contributed by atoms with Gasteiger partial charge in [0.2, 0.25) is 5.95 Å². The van der Waals surface area contributed by atoms with Crippen LogP contribution in [0.5, 0.6) is 0 Å². The van der Waals surface area contributed by atoms with Gasteiger partial charge in [-0.05, 0) is 6.92 Å². The quantitative estimate of drug-likeness (QED) is 0.812. The van der Waals surface area contributed by atoms with E-state index in [9.17, 15) is 0 Å². The summed E-state index contributed by atoms with van der Waals surface area (Å²) in [6.07, 6.45) is 0. The highest BCUT2D eigenvalue weighted by molar-refractivity contribution is 6.29. The highest BCUT2D eigenvalue weighted by atomic mass is 35.5. The smallest absolute Gasteiger partial charge is 0.226 e. The van der Waals surface area contributed by atoms with Crippen molar-refractivity contribution in [3.63, 3.8) is 0 Å². The zero-order valence-corrected chi connectivity index (χ0v) is 10.00. The second-order valence-electron chi connectivity index (χ2n) is 3.50. The van der Waals surface area contributed by atoms with Crippen LogP contribution < -0.4 is 10.2 Å². The van der Waals surface area contributed by atoms with E-state index in [1.54, 1.807) is 6.07 Å². The molecule has 1 aliphatic heterocycles. The summed E-state index contributed by atoms with van der Waals surface area (Å²) in [6.45, 7) is 5.94. The second-order valence-corrected chi connectivity index (χ2v) is 3.89. The van der Waals surface area contributed by atoms with Crippen LogP contribution in [0.2, 0.25) is 5.15 Å². The molecule has 88 valence electrons. The van der Waals surface area contributed by atoms with Crippen molar-refractivity contribution in [2.24, 2.45) is 0 Å². The van der Waals surface area contributed by atoms with Crippen LogP contribution in [0.1, 0.15) is 6.92 Å². The molecule has 0 spiro atoms. The van der Waals surface area contributed by atoms with E-state index in [2.05, 4.69) is 20.2 Å². The SMILES string of the molecule is CCNc1nc(Cl)cc(N2CCOCC2)n1. The van der Waals surface area contributed by atoms with Gasteiger partial charge in [0.15, 0.2) is 0 Å². The number of rotatable bonds is 3. The Morgan fingerprint density at radius 2 is 2.19 bits per heavy atom. The lowest BCUT2D eigenvalue weighted by Crippen LogP contribution is -2.36. The molecule has 2 rings (SSSR count). The maximum atomic E-state index is 5.96. The van der Waals surface area contributed by atoms with Crippen molar-refractivity contribution in [2.75, 3.05) is 43.1 Å². The molecule has 16 heavy (non-hydrogen) atoms. The van der Waals surface area contributed by atoms with E-state index in [4.69, 9.17) is 16.3 Å². The zero-order valence-electron chi connectivity index (χ0n) is 9.24. The number of nitrogens with one attached hydrogen (secondary N) is 1. The number of ether oxygens (including phenoxy) is 1. The molecule has 1 N–H and O–H groups in total. The minimum Gasteiger partial charge on any atom is -0.378 e. The Balaban J connectivity index is 2.18. The fourth-order valence-corrected chi connectivity index (χ4v) is 1.78. The minimum atomic E-state index is 0.465. The number of halogens is 1. The first-order valence-corrected chi connectivity index (χ1v) is 5.78. The molecule has 1 aromatic rings. The summed E-state index contributed by atoms with van der Waals surface area (Å²) < 4.78 is 5.30. The summed E-state index contributed by atoms with van der Waals surface area (Å²) in [4.78, 5) is 10.7. The maximum Gasteiger partial charge on any atom is 0.226 e. The lowest BCUT2D eigenvalue weighted by molar-refractivity contribution is 0.122. The summed E-state index contributed by atoms with van der Waals surface area (Å²) >= 11 is 5.96. The number of anilines is 2. The van der Waals surface area contributed by atoms with Crippen LogP contribution in [0, 0.1) is 0 Å². The summed E-state index contributed by atoms with van der Waals surface area (Å²) in [6, 6.07) is 1.79. The van der Waals surface area contributed by atoms with E-state index in [-0.39, 0.29) is 0 Å². The monoisotopic (exact) mass is 242 g/mol. The van der Waals surface area contributed by atoms with Crippen LogP contribution >= 0.6 is 11.6 Å². The van der Waals surface area contributed by atoms with E-state index in [0.717, 1.165) is 38.7 Å².